The van der Waals surface area contributed by atoms with Crippen LogP contribution in [0, 0.1) is 0 Å². The van der Waals surface area contributed by atoms with Gasteiger partial charge in [-0.2, -0.15) is 13.2 Å². The number of carbonyl (C=O) groups is 1. The molecule has 0 N–H and O–H groups in total. The minimum Gasteiger partial charge on any atom is -0.290 e. The van der Waals surface area contributed by atoms with Crippen molar-refractivity contribution in [2.45, 2.75) is 44.3 Å². The van der Waals surface area contributed by atoms with E-state index in [1.165, 1.54) is 24.3 Å². The Bertz CT molecular complexity index is 693. The third-order valence-electron chi connectivity index (χ3n) is 4.32. The van der Waals surface area contributed by atoms with Gasteiger partial charge in [-0.1, -0.05) is 61.4 Å². The molecular weight excluding hydrogens is 355 g/mol. The van der Waals surface area contributed by atoms with E-state index in [2.05, 4.69) is 0 Å². The molecule has 1 saturated heterocycles. The number of rotatable bonds is 2. The average molecular weight is 371 g/mol. The molecule has 1 saturated carbocycles. The van der Waals surface area contributed by atoms with Crippen LogP contribution in [0.2, 0.25) is 0 Å². The summed E-state index contributed by atoms with van der Waals surface area (Å²) < 4.78 is 39.8. The second kappa shape index (κ2) is 6.88. The molecule has 0 bridgehead atoms. The number of alkyl halides is 3. The highest BCUT2D eigenvalue weighted by molar-refractivity contribution is 8.26. The molecule has 3 rings (SSSR count). The van der Waals surface area contributed by atoms with Gasteiger partial charge < -0.3 is 0 Å². The minimum atomic E-state index is -4.45. The summed E-state index contributed by atoms with van der Waals surface area (Å²) in [5.74, 6) is -0.270. The molecule has 1 heterocycles. The number of halogens is 3. The zero-order valence-electron chi connectivity index (χ0n) is 12.8. The molecule has 0 aromatic heterocycles. The lowest BCUT2D eigenvalue weighted by molar-refractivity contribution is -0.137. The highest BCUT2D eigenvalue weighted by Gasteiger charge is 2.38. The molecule has 2 nitrogen and oxygen atoms in total. The molecular formula is C17H16F3NOS2. The van der Waals surface area contributed by atoms with Gasteiger partial charge in [-0.25, -0.2) is 0 Å². The van der Waals surface area contributed by atoms with Gasteiger partial charge in [0.05, 0.1) is 10.5 Å². The molecule has 0 radical (unpaired) electrons. The van der Waals surface area contributed by atoms with Crippen LogP contribution in [0.25, 0.3) is 6.08 Å². The number of benzene rings is 1. The Kier molecular flexibility index (Phi) is 5.01. The van der Waals surface area contributed by atoms with E-state index in [4.69, 9.17) is 12.2 Å². The molecule has 1 aliphatic heterocycles. The SMILES string of the molecule is O=C1C(=Cc2ccccc2C(F)(F)F)SC(=S)N1C1CCCCC1. The molecule has 24 heavy (non-hydrogen) atoms. The molecule has 1 aromatic carbocycles. The molecule has 0 spiro atoms. The monoisotopic (exact) mass is 371 g/mol. The third-order valence-corrected chi connectivity index (χ3v) is 5.65. The van der Waals surface area contributed by atoms with Crippen molar-refractivity contribution in [1.29, 1.82) is 0 Å². The van der Waals surface area contributed by atoms with Crippen molar-refractivity contribution in [2.75, 3.05) is 0 Å². The van der Waals surface area contributed by atoms with Crippen molar-refractivity contribution in [3.63, 3.8) is 0 Å². The quantitative estimate of drug-likeness (QED) is 0.524. The van der Waals surface area contributed by atoms with Crippen LogP contribution in [0.3, 0.4) is 0 Å². The van der Waals surface area contributed by atoms with Gasteiger partial charge in [0.1, 0.15) is 4.32 Å². The fraction of sp³-hybridized carbons (Fsp3) is 0.412. The molecule has 2 aliphatic rings. The first-order chi connectivity index (χ1) is 11.4. The molecule has 7 heteroatoms. The largest absolute Gasteiger partial charge is 0.416 e. The maximum atomic E-state index is 13.1. The van der Waals surface area contributed by atoms with Crippen LogP contribution in [0.1, 0.15) is 43.2 Å². The molecule has 1 amide bonds. The summed E-state index contributed by atoms with van der Waals surface area (Å²) in [4.78, 5) is 14.5. The summed E-state index contributed by atoms with van der Waals surface area (Å²) >= 11 is 6.39. The van der Waals surface area contributed by atoms with Crippen LogP contribution in [0.15, 0.2) is 29.2 Å². The van der Waals surface area contributed by atoms with E-state index in [1.807, 2.05) is 0 Å². The van der Waals surface area contributed by atoms with E-state index in [0.717, 1.165) is 49.9 Å². The molecule has 2 fully saturated rings. The Balaban J connectivity index is 1.90. The van der Waals surface area contributed by atoms with Crippen molar-refractivity contribution >= 4 is 40.3 Å². The number of nitrogens with zero attached hydrogens (tertiary/aromatic N) is 1. The van der Waals surface area contributed by atoms with Crippen molar-refractivity contribution in [2.24, 2.45) is 0 Å². The van der Waals surface area contributed by atoms with Crippen molar-refractivity contribution in [3.8, 4) is 0 Å². The third kappa shape index (κ3) is 3.52. The van der Waals surface area contributed by atoms with E-state index in [9.17, 15) is 18.0 Å². The summed E-state index contributed by atoms with van der Waals surface area (Å²) in [5, 5.41) is 0. The first-order valence-electron chi connectivity index (χ1n) is 7.81. The highest BCUT2D eigenvalue weighted by Crippen LogP contribution is 2.39. The van der Waals surface area contributed by atoms with Crippen molar-refractivity contribution in [3.05, 3.63) is 40.3 Å². The molecule has 1 aromatic rings. The fourth-order valence-electron chi connectivity index (χ4n) is 3.16. The number of thioether (sulfide) groups is 1. The predicted molar refractivity (Wildman–Crippen MR) is 93.3 cm³/mol. The molecule has 0 unspecified atom stereocenters. The van der Waals surface area contributed by atoms with E-state index in [-0.39, 0.29) is 22.4 Å². The summed E-state index contributed by atoms with van der Waals surface area (Å²) in [6.45, 7) is 0. The maximum Gasteiger partial charge on any atom is 0.416 e. The fourth-order valence-corrected chi connectivity index (χ4v) is 4.55. The number of hydrogen-bond acceptors (Lipinski definition) is 3. The number of hydrogen-bond donors (Lipinski definition) is 0. The van der Waals surface area contributed by atoms with E-state index in [0.29, 0.717) is 4.32 Å². The lowest BCUT2D eigenvalue weighted by Gasteiger charge is -2.29. The first-order valence-corrected chi connectivity index (χ1v) is 9.03. The average Bonchev–Trinajstić information content (AvgIpc) is 2.82. The van der Waals surface area contributed by atoms with Crippen LogP contribution in [-0.4, -0.2) is 21.2 Å². The summed E-state index contributed by atoms with van der Waals surface area (Å²) in [6, 6.07) is 5.34. The Morgan fingerprint density at radius 1 is 1.17 bits per heavy atom. The predicted octanol–water partition coefficient (Wildman–Crippen LogP) is 5.24. The van der Waals surface area contributed by atoms with Crippen LogP contribution < -0.4 is 0 Å². The van der Waals surface area contributed by atoms with Gasteiger partial charge in [0.25, 0.3) is 5.91 Å². The normalized spacial score (nSPS) is 21.8. The summed E-state index contributed by atoms with van der Waals surface area (Å²) in [5.41, 5.74) is -0.748. The van der Waals surface area contributed by atoms with Gasteiger partial charge >= 0.3 is 6.18 Å². The molecule has 1 aliphatic carbocycles. The smallest absolute Gasteiger partial charge is 0.290 e. The highest BCUT2D eigenvalue weighted by atomic mass is 32.2. The van der Waals surface area contributed by atoms with Crippen LogP contribution in [0.4, 0.5) is 13.2 Å². The number of carbonyl (C=O) groups excluding carboxylic acids is 1. The van der Waals surface area contributed by atoms with E-state index < -0.39 is 11.7 Å². The maximum absolute atomic E-state index is 13.1. The zero-order chi connectivity index (χ0) is 17.3. The van der Waals surface area contributed by atoms with Gasteiger partial charge in [0, 0.05) is 6.04 Å². The van der Waals surface area contributed by atoms with Gasteiger partial charge in [-0.05, 0) is 30.5 Å². The number of amides is 1. The van der Waals surface area contributed by atoms with Gasteiger partial charge in [0.2, 0.25) is 0 Å². The van der Waals surface area contributed by atoms with Crippen molar-refractivity contribution < 1.29 is 18.0 Å². The van der Waals surface area contributed by atoms with Crippen LogP contribution >= 0.6 is 24.0 Å². The van der Waals surface area contributed by atoms with E-state index in [1.54, 1.807) is 4.90 Å². The summed E-state index contributed by atoms with van der Waals surface area (Å²) in [6.07, 6.45) is 1.92. The Morgan fingerprint density at radius 3 is 2.50 bits per heavy atom. The Hall–Kier alpha value is -1.34. The Morgan fingerprint density at radius 2 is 1.83 bits per heavy atom. The number of thiocarbonyl (C=S) groups is 1. The van der Waals surface area contributed by atoms with Gasteiger partial charge in [-0.3, -0.25) is 9.69 Å². The molecule has 0 atom stereocenters. The standard InChI is InChI=1S/C17H16F3NOS2/c18-17(19,20)13-9-5-4-6-11(13)10-14-15(22)21(16(23)24-14)12-7-2-1-3-8-12/h4-6,9-10,12H,1-3,7-8H2. The van der Waals surface area contributed by atoms with Gasteiger partial charge in [-0.15, -0.1) is 0 Å². The lowest BCUT2D eigenvalue weighted by Crippen LogP contribution is -2.39. The molecule has 128 valence electrons. The van der Waals surface area contributed by atoms with Gasteiger partial charge in [0.15, 0.2) is 0 Å². The van der Waals surface area contributed by atoms with Crippen molar-refractivity contribution in [1.82, 2.24) is 4.90 Å². The first kappa shape index (κ1) is 17.5. The topological polar surface area (TPSA) is 20.3 Å². The van der Waals surface area contributed by atoms with Crippen LogP contribution in [0.5, 0.6) is 0 Å². The second-order valence-corrected chi connectivity index (χ2v) is 7.60. The Labute approximate surface area is 148 Å². The lowest BCUT2D eigenvalue weighted by atomic mass is 9.94. The van der Waals surface area contributed by atoms with E-state index >= 15 is 0 Å². The summed E-state index contributed by atoms with van der Waals surface area (Å²) in [7, 11) is 0. The zero-order valence-corrected chi connectivity index (χ0v) is 14.4. The van der Waals surface area contributed by atoms with Crippen LogP contribution in [-0.2, 0) is 11.0 Å². The minimum absolute atomic E-state index is 0.00542. The second-order valence-electron chi connectivity index (χ2n) is 5.93.